The third-order valence-corrected chi connectivity index (χ3v) is 4.86. The fourth-order valence-electron chi connectivity index (χ4n) is 2.08. The van der Waals surface area contributed by atoms with E-state index < -0.39 is 11.9 Å². The molecule has 2 aromatic carbocycles. The highest BCUT2D eigenvalue weighted by molar-refractivity contribution is 7.21. The van der Waals surface area contributed by atoms with E-state index in [1.54, 1.807) is 0 Å². The van der Waals surface area contributed by atoms with E-state index in [0.717, 1.165) is 10.1 Å². The average molecular weight is 347 g/mol. The van der Waals surface area contributed by atoms with E-state index >= 15 is 0 Å². The van der Waals surface area contributed by atoms with Gasteiger partial charge >= 0.3 is 11.9 Å². The van der Waals surface area contributed by atoms with Crippen molar-refractivity contribution in [3.63, 3.8) is 0 Å². The van der Waals surface area contributed by atoms with Crippen molar-refractivity contribution >= 4 is 45.0 Å². The number of methoxy groups -OCH3 is 1. The van der Waals surface area contributed by atoms with Crippen molar-refractivity contribution in [1.29, 1.82) is 0 Å². The number of thiophene rings is 1. The summed E-state index contributed by atoms with van der Waals surface area (Å²) in [5, 5.41) is 1.22. The third-order valence-electron chi connectivity index (χ3n) is 3.21. The number of esters is 2. The van der Waals surface area contributed by atoms with Gasteiger partial charge in [0.2, 0.25) is 0 Å². The van der Waals surface area contributed by atoms with E-state index in [9.17, 15) is 9.59 Å². The summed E-state index contributed by atoms with van der Waals surface area (Å²) in [6, 6.07) is 13.6. The topological polar surface area (TPSA) is 52.6 Å². The summed E-state index contributed by atoms with van der Waals surface area (Å²) in [6.45, 7) is 0. The van der Waals surface area contributed by atoms with Gasteiger partial charge in [-0.15, -0.1) is 11.3 Å². The molecule has 4 nitrogen and oxygen atoms in total. The van der Waals surface area contributed by atoms with Gasteiger partial charge in [-0.2, -0.15) is 0 Å². The van der Waals surface area contributed by atoms with Crippen molar-refractivity contribution in [3.8, 4) is 5.75 Å². The Morgan fingerprint density at radius 1 is 1.00 bits per heavy atom. The zero-order valence-electron chi connectivity index (χ0n) is 12.0. The number of benzene rings is 2. The van der Waals surface area contributed by atoms with E-state index in [2.05, 4.69) is 4.74 Å². The van der Waals surface area contributed by atoms with Gasteiger partial charge in [0.05, 0.1) is 17.7 Å². The Bertz CT molecular complexity index is 883. The molecular weight excluding hydrogens is 336 g/mol. The summed E-state index contributed by atoms with van der Waals surface area (Å²) in [4.78, 5) is 24.0. The molecule has 1 aromatic heterocycles. The maximum Gasteiger partial charge on any atom is 0.355 e. The third kappa shape index (κ3) is 3.06. The van der Waals surface area contributed by atoms with Crippen LogP contribution in [-0.4, -0.2) is 19.0 Å². The minimum atomic E-state index is -0.526. The summed E-state index contributed by atoms with van der Waals surface area (Å²) >= 11 is 7.53. The van der Waals surface area contributed by atoms with Crippen LogP contribution >= 0.6 is 22.9 Å². The quantitative estimate of drug-likeness (QED) is 0.515. The van der Waals surface area contributed by atoms with Crippen LogP contribution in [0, 0.1) is 0 Å². The zero-order valence-corrected chi connectivity index (χ0v) is 13.6. The molecule has 0 atom stereocenters. The molecule has 0 N–H and O–H groups in total. The molecule has 6 heteroatoms. The first-order chi connectivity index (χ1) is 11.1. The molecule has 0 aliphatic carbocycles. The molecule has 0 unspecified atom stereocenters. The Kier molecular flexibility index (Phi) is 4.32. The van der Waals surface area contributed by atoms with Gasteiger partial charge in [-0.3, -0.25) is 0 Å². The minimum Gasteiger partial charge on any atom is -0.465 e. The molecule has 3 rings (SSSR count). The van der Waals surface area contributed by atoms with E-state index in [4.69, 9.17) is 16.3 Å². The van der Waals surface area contributed by atoms with Crippen molar-refractivity contribution in [3.05, 3.63) is 64.0 Å². The zero-order chi connectivity index (χ0) is 16.4. The summed E-state index contributed by atoms with van der Waals surface area (Å²) in [6.07, 6.45) is 0. The lowest BCUT2D eigenvalue weighted by atomic mass is 10.2. The predicted molar refractivity (Wildman–Crippen MR) is 89.6 cm³/mol. The largest absolute Gasteiger partial charge is 0.465 e. The van der Waals surface area contributed by atoms with E-state index in [0.29, 0.717) is 21.2 Å². The second-order valence-electron chi connectivity index (χ2n) is 4.65. The number of hydrogen-bond acceptors (Lipinski definition) is 5. The van der Waals surface area contributed by atoms with Crippen LogP contribution in [0.15, 0.2) is 48.5 Å². The van der Waals surface area contributed by atoms with Crippen LogP contribution in [0.4, 0.5) is 0 Å². The monoisotopic (exact) mass is 346 g/mol. The molecular formula is C17H11ClO4S. The fraction of sp³-hybridized carbons (Fsp3) is 0.0588. The van der Waals surface area contributed by atoms with Gasteiger partial charge in [0.1, 0.15) is 10.6 Å². The summed E-state index contributed by atoms with van der Waals surface area (Å²) in [5.41, 5.74) is 0.382. The smallest absolute Gasteiger partial charge is 0.355 e. The van der Waals surface area contributed by atoms with Crippen LogP contribution in [0.2, 0.25) is 5.02 Å². The van der Waals surface area contributed by atoms with Crippen LogP contribution < -0.4 is 4.74 Å². The molecule has 0 spiro atoms. The average Bonchev–Trinajstić information content (AvgIpc) is 2.92. The minimum absolute atomic E-state index is 0.330. The molecule has 0 fully saturated rings. The SMILES string of the molecule is COC(=O)c1ccc(OC(=O)c2sc3ccccc3c2Cl)cc1. The van der Waals surface area contributed by atoms with Gasteiger partial charge in [0, 0.05) is 10.1 Å². The van der Waals surface area contributed by atoms with Crippen LogP contribution in [0.1, 0.15) is 20.0 Å². The van der Waals surface area contributed by atoms with Gasteiger partial charge in [0.15, 0.2) is 0 Å². The molecule has 0 bridgehead atoms. The number of rotatable bonds is 3. The molecule has 23 heavy (non-hydrogen) atoms. The standard InChI is InChI=1S/C17H11ClO4S/c1-21-16(19)10-6-8-11(9-7-10)22-17(20)15-14(18)12-4-2-3-5-13(12)23-15/h2-9H,1H3. The predicted octanol–water partition coefficient (Wildman–Crippen LogP) is 4.56. The normalized spacial score (nSPS) is 10.5. The van der Waals surface area contributed by atoms with Gasteiger partial charge in [-0.25, -0.2) is 9.59 Å². The van der Waals surface area contributed by atoms with Gasteiger partial charge in [-0.05, 0) is 30.3 Å². The summed E-state index contributed by atoms with van der Waals surface area (Å²) in [5.74, 6) is -0.645. The second-order valence-corrected chi connectivity index (χ2v) is 6.08. The number of hydrogen-bond donors (Lipinski definition) is 0. The number of carbonyl (C=O) groups is 2. The molecule has 0 saturated heterocycles. The van der Waals surface area contributed by atoms with Crippen molar-refractivity contribution < 1.29 is 19.1 Å². The molecule has 0 amide bonds. The lowest BCUT2D eigenvalue weighted by Crippen LogP contribution is -2.07. The highest BCUT2D eigenvalue weighted by Crippen LogP contribution is 2.35. The first-order valence-corrected chi connectivity index (χ1v) is 7.87. The van der Waals surface area contributed by atoms with E-state index in [1.807, 2.05) is 24.3 Å². The van der Waals surface area contributed by atoms with Gasteiger partial charge in [0.25, 0.3) is 0 Å². The molecule has 0 radical (unpaired) electrons. The van der Waals surface area contributed by atoms with Crippen molar-refractivity contribution in [2.45, 2.75) is 0 Å². The molecule has 0 saturated carbocycles. The number of halogens is 1. The highest BCUT2D eigenvalue weighted by Gasteiger charge is 2.19. The van der Waals surface area contributed by atoms with Crippen molar-refractivity contribution in [2.24, 2.45) is 0 Å². The Morgan fingerprint density at radius 3 is 2.35 bits per heavy atom. The van der Waals surface area contributed by atoms with Crippen molar-refractivity contribution in [2.75, 3.05) is 7.11 Å². The van der Waals surface area contributed by atoms with Crippen LogP contribution in [-0.2, 0) is 4.74 Å². The fourth-order valence-corrected chi connectivity index (χ4v) is 3.46. The van der Waals surface area contributed by atoms with Crippen molar-refractivity contribution in [1.82, 2.24) is 0 Å². The second kappa shape index (κ2) is 6.40. The van der Waals surface area contributed by atoms with E-state index in [1.165, 1.54) is 42.7 Å². The van der Waals surface area contributed by atoms with Crippen LogP contribution in [0.3, 0.4) is 0 Å². The molecule has 0 aliphatic heterocycles. The number of ether oxygens (including phenoxy) is 2. The molecule has 3 aromatic rings. The summed E-state index contributed by atoms with van der Waals surface area (Å²) in [7, 11) is 1.31. The maximum atomic E-state index is 12.3. The summed E-state index contributed by atoms with van der Waals surface area (Å²) < 4.78 is 10.8. The highest BCUT2D eigenvalue weighted by atomic mass is 35.5. The Balaban J connectivity index is 1.83. The maximum absolute atomic E-state index is 12.3. The first-order valence-electron chi connectivity index (χ1n) is 6.67. The van der Waals surface area contributed by atoms with Crippen LogP contribution in [0.5, 0.6) is 5.75 Å². The molecule has 0 aliphatic rings. The van der Waals surface area contributed by atoms with Crippen LogP contribution in [0.25, 0.3) is 10.1 Å². The molecule has 116 valence electrons. The lowest BCUT2D eigenvalue weighted by molar-refractivity contribution is 0.0600. The Morgan fingerprint density at radius 2 is 1.70 bits per heavy atom. The Labute approximate surface area is 141 Å². The Hall–Kier alpha value is -2.37. The van der Waals surface area contributed by atoms with E-state index in [-0.39, 0.29) is 0 Å². The molecule has 1 heterocycles. The number of carbonyl (C=O) groups excluding carboxylic acids is 2. The first kappa shape index (κ1) is 15.5. The lowest BCUT2D eigenvalue weighted by Gasteiger charge is -2.04. The van der Waals surface area contributed by atoms with Gasteiger partial charge < -0.3 is 9.47 Å². The number of fused-ring (bicyclic) bond motifs is 1. The van der Waals surface area contributed by atoms with Gasteiger partial charge in [-0.1, -0.05) is 29.8 Å².